The molecule has 0 aliphatic heterocycles. The van der Waals surface area contributed by atoms with Crippen LogP contribution in [0.5, 0.6) is 0 Å². The number of aryl methyl sites for hydroxylation is 2. The van der Waals surface area contributed by atoms with Crippen molar-refractivity contribution in [3.05, 3.63) is 23.0 Å². The SMILES string of the molecule is CCc1cc(C)c(C=O)n1C. The minimum absolute atomic E-state index is 0.793. The molecule has 0 atom stereocenters. The Kier molecular flexibility index (Phi) is 2.13. The van der Waals surface area contributed by atoms with Crippen LogP contribution in [0.4, 0.5) is 0 Å². The lowest BCUT2D eigenvalue weighted by molar-refractivity contribution is 0.111. The molecule has 0 unspecified atom stereocenters. The Morgan fingerprint density at radius 1 is 1.64 bits per heavy atom. The fourth-order valence-corrected chi connectivity index (χ4v) is 1.35. The van der Waals surface area contributed by atoms with E-state index in [2.05, 4.69) is 13.0 Å². The van der Waals surface area contributed by atoms with Gasteiger partial charge in [-0.2, -0.15) is 0 Å². The van der Waals surface area contributed by atoms with Crippen LogP contribution in [0.2, 0.25) is 0 Å². The van der Waals surface area contributed by atoms with E-state index in [0.717, 1.165) is 24.0 Å². The van der Waals surface area contributed by atoms with E-state index in [0.29, 0.717) is 0 Å². The molecule has 0 aromatic carbocycles. The van der Waals surface area contributed by atoms with Gasteiger partial charge in [0.2, 0.25) is 0 Å². The molecule has 0 aliphatic rings. The summed E-state index contributed by atoms with van der Waals surface area (Å²) in [6.07, 6.45) is 1.89. The van der Waals surface area contributed by atoms with Gasteiger partial charge in [-0.15, -0.1) is 0 Å². The molecule has 0 saturated heterocycles. The number of rotatable bonds is 2. The number of hydrogen-bond donors (Lipinski definition) is 0. The molecule has 0 spiro atoms. The maximum atomic E-state index is 10.6. The predicted molar refractivity (Wildman–Crippen MR) is 44.9 cm³/mol. The Hall–Kier alpha value is -1.05. The molecule has 11 heavy (non-hydrogen) atoms. The third-order valence-electron chi connectivity index (χ3n) is 2.05. The molecule has 0 fully saturated rings. The van der Waals surface area contributed by atoms with Gasteiger partial charge in [0.15, 0.2) is 6.29 Å². The summed E-state index contributed by atoms with van der Waals surface area (Å²) in [7, 11) is 1.93. The summed E-state index contributed by atoms with van der Waals surface area (Å²) >= 11 is 0. The quantitative estimate of drug-likeness (QED) is 0.590. The molecule has 1 aromatic rings. The zero-order valence-corrected chi connectivity index (χ0v) is 7.22. The van der Waals surface area contributed by atoms with Crippen LogP contribution in [0.15, 0.2) is 6.07 Å². The predicted octanol–water partition coefficient (Wildman–Crippen LogP) is 1.71. The van der Waals surface area contributed by atoms with Crippen molar-refractivity contribution < 1.29 is 4.79 Å². The van der Waals surface area contributed by atoms with E-state index < -0.39 is 0 Å². The molecule has 2 heteroatoms. The lowest BCUT2D eigenvalue weighted by atomic mass is 10.2. The van der Waals surface area contributed by atoms with E-state index in [4.69, 9.17) is 0 Å². The Morgan fingerprint density at radius 3 is 2.55 bits per heavy atom. The average molecular weight is 151 g/mol. The minimum Gasteiger partial charge on any atom is -0.345 e. The van der Waals surface area contributed by atoms with Gasteiger partial charge in [0.25, 0.3) is 0 Å². The Labute approximate surface area is 66.8 Å². The Balaban J connectivity index is 3.24. The largest absolute Gasteiger partial charge is 0.345 e. The summed E-state index contributed by atoms with van der Waals surface area (Å²) in [4.78, 5) is 10.6. The maximum Gasteiger partial charge on any atom is 0.166 e. The lowest BCUT2D eigenvalue weighted by Gasteiger charge is -1.99. The first-order valence-electron chi connectivity index (χ1n) is 3.81. The number of aromatic nitrogens is 1. The van der Waals surface area contributed by atoms with Gasteiger partial charge in [-0.3, -0.25) is 4.79 Å². The Bertz CT molecular complexity index is 273. The molecule has 60 valence electrons. The molecule has 1 heterocycles. The minimum atomic E-state index is 0.793. The van der Waals surface area contributed by atoms with Crippen molar-refractivity contribution in [2.75, 3.05) is 0 Å². The van der Waals surface area contributed by atoms with E-state index in [9.17, 15) is 4.79 Å². The topological polar surface area (TPSA) is 22.0 Å². The highest BCUT2D eigenvalue weighted by Gasteiger charge is 2.05. The van der Waals surface area contributed by atoms with Gasteiger partial charge in [-0.25, -0.2) is 0 Å². The van der Waals surface area contributed by atoms with Crippen molar-refractivity contribution >= 4 is 6.29 Å². The molecule has 0 amide bonds. The van der Waals surface area contributed by atoms with Crippen molar-refractivity contribution in [1.29, 1.82) is 0 Å². The second-order valence-electron chi connectivity index (χ2n) is 2.73. The maximum absolute atomic E-state index is 10.6. The van der Waals surface area contributed by atoms with E-state index in [1.54, 1.807) is 0 Å². The highest BCUT2D eigenvalue weighted by molar-refractivity contribution is 5.75. The van der Waals surface area contributed by atoms with Gasteiger partial charge < -0.3 is 4.57 Å². The van der Waals surface area contributed by atoms with Gasteiger partial charge in [0.1, 0.15) is 0 Å². The fourth-order valence-electron chi connectivity index (χ4n) is 1.35. The van der Waals surface area contributed by atoms with Gasteiger partial charge in [0.05, 0.1) is 5.69 Å². The van der Waals surface area contributed by atoms with Crippen molar-refractivity contribution in [1.82, 2.24) is 4.57 Å². The summed E-state index contributed by atoms with van der Waals surface area (Å²) in [6.45, 7) is 4.05. The van der Waals surface area contributed by atoms with Crippen LogP contribution < -0.4 is 0 Å². The molecular weight excluding hydrogens is 138 g/mol. The fraction of sp³-hybridized carbons (Fsp3) is 0.444. The van der Waals surface area contributed by atoms with Gasteiger partial charge >= 0.3 is 0 Å². The van der Waals surface area contributed by atoms with E-state index in [-0.39, 0.29) is 0 Å². The number of carbonyl (C=O) groups is 1. The van der Waals surface area contributed by atoms with E-state index >= 15 is 0 Å². The first-order valence-corrected chi connectivity index (χ1v) is 3.81. The van der Waals surface area contributed by atoms with Crippen LogP contribution >= 0.6 is 0 Å². The first kappa shape index (κ1) is 8.05. The van der Waals surface area contributed by atoms with Crippen molar-refractivity contribution in [3.63, 3.8) is 0 Å². The monoisotopic (exact) mass is 151 g/mol. The first-order chi connectivity index (χ1) is 5.20. The zero-order chi connectivity index (χ0) is 8.43. The molecule has 0 bridgehead atoms. The molecule has 0 aliphatic carbocycles. The zero-order valence-electron chi connectivity index (χ0n) is 7.22. The lowest BCUT2D eigenvalue weighted by Crippen LogP contribution is -1.99. The van der Waals surface area contributed by atoms with Crippen LogP contribution in [-0.4, -0.2) is 10.9 Å². The molecule has 1 rings (SSSR count). The van der Waals surface area contributed by atoms with Crippen molar-refractivity contribution in [2.24, 2.45) is 7.05 Å². The van der Waals surface area contributed by atoms with Crippen molar-refractivity contribution in [3.8, 4) is 0 Å². The number of carbonyl (C=O) groups excluding carboxylic acids is 1. The Morgan fingerprint density at radius 2 is 2.27 bits per heavy atom. The molecule has 0 saturated carbocycles. The molecular formula is C9H13NO. The molecule has 0 radical (unpaired) electrons. The van der Waals surface area contributed by atoms with Gasteiger partial charge in [-0.05, 0) is 25.0 Å². The summed E-state index contributed by atoms with van der Waals surface area (Å²) in [5.74, 6) is 0. The third kappa shape index (κ3) is 1.20. The summed E-state index contributed by atoms with van der Waals surface area (Å²) in [5, 5.41) is 0. The van der Waals surface area contributed by atoms with E-state index in [1.165, 1.54) is 5.69 Å². The third-order valence-corrected chi connectivity index (χ3v) is 2.05. The van der Waals surface area contributed by atoms with Crippen LogP contribution in [0, 0.1) is 6.92 Å². The molecule has 2 nitrogen and oxygen atoms in total. The second kappa shape index (κ2) is 2.91. The second-order valence-corrected chi connectivity index (χ2v) is 2.73. The van der Waals surface area contributed by atoms with Gasteiger partial charge in [-0.1, -0.05) is 6.92 Å². The standard InChI is InChI=1S/C9H13NO/c1-4-8-5-7(2)9(6-11)10(8)3/h5-6H,4H2,1-3H3. The highest BCUT2D eigenvalue weighted by Crippen LogP contribution is 2.11. The normalized spacial score (nSPS) is 10.1. The summed E-state index contributed by atoms with van der Waals surface area (Å²) in [6, 6.07) is 2.06. The molecule has 0 N–H and O–H groups in total. The smallest absolute Gasteiger partial charge is 0.166 e. The van der Waals surface area contributed by atoms with Crippen molar-refractivity contribution in [2.45, 2.75) is 20.3 Å². The molecule has 1 aromatic heterocycles. The van der Waals surface area contributed by atoms with Crippen LogP contribution in [0.3, 0.4) is 0 Å². The number of aldehydes is 1. The van der Waals surface area contributed by atoms with Crippen LogP contribution in [-0.2, 0) is 13.5 Å². The number of nitrogens with zero attached hydrogens (tertiary/aromatic N) is 1. The van der Waals surface area contributed by atoms with Gasteiger partial charge in [0, 0.05) is 12.7 Å². The van der Waals surface area contributed by atoms with Crippen LogP contribution in [0.1, 0.15) is 28.7 Å². The number of hydrogen-bond acceptors (Lipinski definition) is 1. The highest BCUT2D eigenvalue weighted by atomic mass is 16.1. The average Bonchev–Trinajstić information content (AvgIpc) is 2.26. The summed E-state index contributed by atoms with van der Waals surface area (Å²) < 4.78 is 1.95. The van der Waals surface area contributed by atoms with Crippen LogP contribution in [0.25, 0.3) is 0 Å². The van der Waals surface area contributed by atoms with E-state index in [1.807, 2.05) is 18.5 Å². The summed E-state index contributed by atoms with van der Waals surface area (Å²) in [5.41, 5.74) is 3.07.